The smallest absolute Gasteiger partial charge is 0.241 e. The van der Waals surface area contributed by atoms with E-state index in [0.717, 1.165) is 11.3 Å². The summed E-state index contributed by atoms with van der Waals surface area (Å²) in [6.07, 6.45) is 0. The van der Waals surface area contributed by atoms with E-state index in [0.29, 0.717) is 0 Å². The zero-order valence-electron chi connectivity index (χ0n) is 12.4. The maximum absolute atomic E-state index is 12.0. The molecule has 108 valence electrons. The van der Waals surface area contributed by atoms with Crippen LogP contribution in [0.3, 0.4) is 0 Å². The largest absolute Gasteiger partial charge is 0.324 e. The molecule has 0 bridgehead atoms. The standard InChI is InChI=1S/C15H24N2O.ClH/c1-10(2)13(16)14(18)17-12-9-7-6-8-11(12)15(3,4)5;/h6-10,13H,16H2,1-5H3,(H,17,18);1H. The van der Waals surface area contributed by atoms with Crippen molar-refractivity contribution in [2.45, 2.75) is 46.1 Å². The van der Waals surface area contributed by atoms with Crippen molar-refractivity contribution in [3.63, 3.8) is 0 Å². The van der Waals surface area contributed by atoms with Crippen molar-refractivity contribution in [1.29, 1.82) is 0 Å². The molecule has 1 aromatic carbocycles. The van der Waals surface area contributed by atoms with Crippen LogP contribution in [0.4, 0.5) is 5.69 Å². The number of carbonyl (C=O) groups is 1. The average molecular weight is 285 g/mol. The summed E-state index contributed by atoms with van der Waals surface area (Å²) in [4.78, 5) is 12.0. The van der Waals surface area contributed by atoms with Gasteiger partial charge < -0.3 is 11.1 Å². The van der Waals surface area contributed by atoms with Gasteiger partial charge in [0.05, 0.1) is 6.04 Å². The second-order valence-electron chi connectivity index (χ2n) is 6.05. The number of anilines is 1. The molecule has 0 spiro atoms. The predicted molar refractivity (Wildman–Crippen MR) is 83.8 cm³/mol. The Labute approximate surface area is 122 Å². The van der Waals surface area contributed by atoms with E-state index in [-0.39, 0.29) is 29.6 Å². The summed E-state index contributed by atoms with van der Waals surface area (Å²) < 4.78 is 0. The minimum absolute atomic E-state index is 0. The van der Waals surface area contributed by atoms with Gasteiger partial charge in [-0.25, -0.2) is 0 Å². The van der Waals surface area contributed by atoms with Crippen LogP contribution in [-0.2, 0) is 10.2 Å². The lowest BCUT2D eigenvalue weighted by atomic mass is 9.85. The third kappa shape index (κ3) is 4.84. The van der Waals surface area contributed by atoms with Gasteiger partial charge in [0.25, 0.3) is 0 Å². The van der Waals surface area contributed by atoms with Crippen LogP contribution >= 0.6 is 12.4 Å². The summed E-state index contributed by atoms with van der Waals surface area (Å²) in [6, 6.07) is 7.39. The summed E-state index contributed by atoms with van der Waals surface area (Å²) in [6.45, 7) is 10.3. The van der Waals surface area contributed by atoms with Gasteiger partial charge in [-0.15, -0.1) is 12.4 Å². The van der Waals surface area contributed by atoms with Crippen molar-refractivity contribution in [1.82, 2.24) is 0 Å². The fourth-order valence-corrected chi connectivity index (χ4v) is 1.76. The molecule has 3 N–H and O–H groups in total. The van der Waals surface area contributed by atoms with Crippen molar-refractivity contribution in [3.8, 4) is 0 Å². The Morgan fingerprint density at radius 3 is 2.21 bits per heavy atom. The molecule has 3 nitrogen and oxygen atoms in total. The van der Waals surface area contributed by atoms with Gasteiger partial charge in [0.2, 0.25) is 5.91 Å². The molecule has 0 aliphatic rings. The lowest BCUT2D eigenvalue weighted by Crippen LogP contribution is -2.40. The van der Waals surface area contributed by atoms with Gasteiger partial charge in [-0.1, -0.05) is 52.8 Å². The van der Waals surface area contributed by atoms with Crippen molar-refractivity contribution in [2.75, 3.05) is 5.32 Å². The molecule has 1 unspecified atom stereocenters. The highest BCUT2D eigenvalue weighted by Gasteiger charge is 2.21. The quantitative estimate of drug-likeness (QED) is 0.894. The van der Waals surface area contributed by atoms with Gasteiger partial charge >= 0.3 is 0 Å². The first-order valence-corrected chi connectivity index (χ1v) is 6.39. The highest BCUT2D eigenvalue weighted by molar-refractivity contribution is 5.95. The van der Waals surface area contributed by atoms with Gasteiger partial charge in [0.1, 0.15) is 0 Å². The van der Waals surface area contributed by atoms with Gasteiger partial charge in [0.15, 0.2) is 0 Å². The number of benzene rings is 1. The van der Waals surface area contributed by atoms with Crippen molar-refractivity contribution >= 4 is 24.0 Å². The highest BCUT2D eigenvalue weighted by atomic mass is 35.5. The number of amides is 1. The normalized spacial score (nSPS) is 12.8. The van der Waals surface area contributed by atoms with Crippen LogP contribution in [-0.4, -0.2) is 11.9 Å². The van der Waals surface area contributed by atoms with Crippen LogP contribution in [0.1, 0.15) is 40.2 Å². The number of hydrogen-bond donors (Lipinski definition) is 2. The Morgan fingerprint density at radius 1 is 1.21 bits per heavy atom. The second kappa shape index (κ2) is 6.92. The second-order valence-corrected chi connectivity index (χ2v) is 6.05. The van der Waals surface area contributed by atoms with E-state index in [9.17, 15) is 4.79 Å². The number of para-hydroxylation sites is 1. The number of hydrogen-bond acceptors (Lipinski definition) is 2. The number of nitrogens with one attached hydrogen (secondary N) is 1. The summed E-state index contributed by atoms with van der Waals surface area (Å²) in [5, 5.41) is 2.93. The average Bonchev–Trinajstić information content (AvgIpc) is 2.27. The molecule has 0 saturated carbocycles. The fourth-order valence-electron chi connectivity index (χ4n) is 1.76. The molecule has 0 aliphatic carbocycles. The SMILES string of the molecule is CC(C)C(N)C(=O)Nc1ccccc1C(C)(C)C.Cl. The first-order valence-electron chi connectivity index (χ1n) is 6.39. The number of halogens is 1. The minimum Gasteiger partial charge on any atom is -0.324 e. The van der Waals surface area contributed by atoms with Crippen LogP contribution in [0.2, 0.25) is 0 Å². The molecular formula is C15H25ClN2O. The maximum Gasteiger partial charge on any atom is 0.241 e. The molecule has 0 aliphatic heterocycles. The first-order chi connectivity index (χ1) is 8.23. The zero-order chi connectivity index (χ0) is 13.9. The summed E-state index contributed by atoms with van der Waals surface area (Å²) >= 11 is 0. The van der Waals surface area contributed by atoms with E-state index >= 15 is 0 Å². The molecule has 19 heavy (non-hydrogen) atoms. The molecule has 0 radical (unpaired) electrons. The molecule has 0 fully saturated rings. The number of carbonyl (C=O) groups excluding carboxylic acids is 1. The molecule has 0 aromatic heterocycles. The van der Waals surface area contributed by atoms with Gasteiger partial charge in [-0.05, 0) is 23.0 Å². The summed E-state index contributed by atoms with van der Waals surface area (Å²) in [5.74, 6) is 0.00787. The molecule has 0 heterocycles. The minimum atomic E-state index is -0.474. The third-order valence-corrected chi connectivity index (χ3v) is 3.01. The Morgan fingerprint density at radius 2 is 1.74 bits per heavy atom. The molecular weight excluding hydrogens is 260 g/mol. The predicted octanol–water partition coefficient (Wildman–Crippen LogP) is 3.33. The Kier molecular flexibility index (Phi) is 6.53. The number of nitrogens with two attached hydrogens (primary N) is 1. The van der Waals surface area contributed by atoms with E-state index in [1.807, 2.05) is 38.1 Å². The monoisotopic (exact) mass is 284 g/mol. The molecule has 1 amide bonds. The fraction of sp³-hybridized carbons (Fsp3) is 0.533. The molecule has 1 rings (SSSR count). The molecule has 1 atom stereocenters. The summed E-state index contributed by atoms with van der Waals surface area (Å²) in [5.41, 5.74) is 7.82. The van der Waals surface area contributed by atoms with E-state index in [1.165, 1.54) is 0 Å². The maximum atomic E-state index is 12.0. The van der Waals surface area contributed by atoms with Gasteiger partial charge in [-0.3, -0.25) is 4.79 Å². The highest BCUT2D eigenvalue weighted by Crippen LogP contribution is 2.29. The molecule has 0 saturated heterocycles. The Balaban J connectivity index is 0.00000324. The third-order valence-electron chi connectivity index (χ3n) is 3.01. The van der Waals surface area contributed by atoms with E-state index in [1.54, 1.807) is 0 Å². The first kappa shape index (κ1) is 17.9. The van der Waals surface area contributed by atoms with Gasteiger partial charge in [0, 0.05) is 5.69 Å². The van der Waals surface area contributed by atoms with Crippen molar-refractivity contribution in [3.05, 3.63) is 29.8 Å². The lowest BCUT2D eigenvalue weighted by Gasteiger charge is -2.24. The van der Waals surface area contributed by atoms with Crippen molar-refractivity contribution < 1.29 is 4.79 Å². The van der Waals surface area contributed by atoms with Crippen LogP contribution < -0.4 is 11.1 Å². The molecule has 4 heteroatoms. The topological polar surface area (TPSA) is 55.1 Å². The van der Waals surface area contributed by atoms with Crippen LogP contribution in [0.25, 0.3) is 0 Å². The van der Waals surface area contributed by atoms with E-state index in [2.05, 4.69) is 26.1 Å². The van der Waals surface area contributed by atoms with Crippen LogP contribution in [0.5, 0.6) is 0 Å². The lowest BCUT2D eigenvalue weighted by molar-refractivity contribution is -0.118. The summed E-state index contributed by atoms with van der Waals surface area (Å²) in [7, 11) is 0. The van der Waals surface area contributed by atoms with Crippen molar-refractivity contribution in [2.24, 2.45) is 11.7 Å². The molecule has 1 aromatic rings. The zero-order valence-corrected chi connectivity index (χ0v) is 13.2. The van der Waals surface area contributed by atoms with Crippen LogP contribution in [0, 0.1) is 5.92 Å². The Hall–Kier alpha value is -1.06. The van der Waals surface area contributed by atoms with Crippen LogP contribution in [0.15, 0.2) is 24.3 Å². The van der Waals surface area contributed by atoms with E-state index in [4.69, 9.17) is 5.73 Å². The number of rotatable bonds is 3. The van der Waals surface area contributed by atoms with E-state index < -0.39 is 6.04 Å². The Bertz CT molecular complexity index is 424. The van der Waals surface area contributed by atoms with Gasteiger partial charge in [-0.2, -0.15) is 0 Å².